The molecule has 156 valence electrons. The highest BCUT2D eigenvalue weighted by atomic mass is 32.2. The van der Waals surface area contributed by atoms with E-state index in [4.69, 9.17) is 0 Å². The van der Waals surface area contributed by atoms with Crippen molar-refractivity contribution in [1.82, 2.24) is 9.21 Å². The van der Waals surface area contributed by atoms with Gasteiger partial charge in [-0.15, -0.1) is 0 Å². The van der Waals surface area contributed by atoms with Crippen molar-refractivity contribution in [3.63, 3.8) is 0 Å². The third-order valence-electron chi connectivity index (χ3n) is 4.72. The van der Waals surface area contributed by atoms with E-state index in [0.717, 1.165) is 28.1 Å². The van der Waals surface area contributed by atoms with Crippen LogP contribution in [0.1, 0.15) is 21.5 Å². The Hall–Kier alpha value is -2.59. The van der Waals surface area contributed by atoms with Gasteiger partial charge in [0.25, 0.3) is 5.91 Å². The Balaban J connectivity index is 1.79. The van der Waals surface area contributed by atoms with E-state index >= 15 is 0 Å². The Labute approximate surface area is 166 Å². The molecule has 1 saturated heterocycles. The number of rotatable bonds is 3. The van der Waals surface area contributed by atoms with Crippen molar-refractivity contribution in [3.05, 3.63) is 59.2 Å². The molecule has 0 aromatic heterocycles. The molecule has 29 heavy (non-hydrogen) atoms. The maximum Gasteiger partial charge on any atom is 0.417 e. The first-order valence-corrected chi connectivity index (χ1v) is 10.2. The van der Waals surface area contributed by atoms with E-state index in [1.165, 1.54) is 23.1 Å². The molecule has 2 aromatic carbocycles. The van der Waals surface area contributed by atoms with Gasteiger partial charge in [-0.3, -0.25) is 4.79 Å². The van der Waals surface area contributed by atoms with E-state index in [2.05, 4.69) is 0 Å². The molecule has 2 aromatic rings. The van der Waals surface area contributed by atoms with Gasteiger partial charge in [0, 0.05) is 26.2 Å². The summed E-state index contributed by atoms with van der Waals surface area (Å²) in [5, 5.41) is 9.91. The summed E-state index contributed by atoms with van der Waals surface area (Å²) in [5.41, 5.74) is -0.344. The summed E-state index contributed by atoms with van der Waals surface area (Å²) < 4.78 is 66.1. The van der Waals surface area contributed by atoms with E-state index in [9.17, 15) is 31.5 Å². The number of benzene rings is 2. The molecular formula is C19H19F3N2O4S. The minimum absolute atomic E-state index is 0.000367. The molecule has 0 bridgehead atoms. The third kappa shape index (κ3) is 4.23. The number of hydrogen-bond acceptors (Lipinski definition) is 4. The molecule has 0 aliphatic carbocycles. The lowest BCUT2D eigenvalue weighted by Crippen LogP contribution is -2.50. The van der Waals surface area contributed by atoms with Crippen LogP contribution >= 0.6 is 0 Å². The minimum atomic E-state index is -4.80. The van der Waals surface area contributed by atoms with Gasteiger partial charge in [0.15, 0.2) is 0 Å². The van der Waals surface area contributed by atoms with Crippen molar-refractivity contribution >= 4 is 15.9 Å². The van der Waals surface area contributed by atoms with Gasteiger partial charge in [-0.1, -0.05) is 23.8 Å². The van der Waals surface area contributed by atoms with Crippen molar-refractivity contribution in [2.24, 2.45) is 0 Å². The Morgan fingerprint density at radius 3 is 2.28 bits per heavy atom. The quantitative estimate of drug-likeness (QED) is 0.816. The summed E-state index contributed by atoms with van der Waals surface area (Å²) in [7, 11) is -4.38. The molecule has 0 saturated carbocycles. The van der Waals surface area contributed by atoms with Gasteiger partial charge in [0.05, 0.1) is 16.0 Å². The molecule has 1 aliphatic heterocycles. The van der Waals surface area contributed by atoms with Gasteiger partial charge in [-0.2, -0.15) is 17.5 Å². The van der Waals surface area contributed by atoms with Gasteiger partial charge in [-0.25, -0.2) is 8.42 Å². The van der Waals surface area contributed by atoms with E-state index < -0.39 is 32.6 Å². The summed E-state index contributed by atoms with van der Waals surface area (Å²) in [6, 6.07) is 8.61. The smallest absolute Gasteiger partial charge is 0.417 e. The van der Waals surface area contributed by atoms with Crippen LogP contribution in [0.4, 0.5) is 13.2 Å². The molecule has 10 heteroatoms. The lowest BCUT2D eigenvalue weighted by molar-refractivity contribution is -0.139. The number of amides is 1. The fourth-order valence-corrected chi connectivity index (χ4v) is 4.82. The average Bonchev–Trinajstić information content (AvgIpc) is 2.69. The van der Waals surface area contributed by atoms with Gasteiger partial charge in [0.1, 0.15) is 5.75 Å². The lowest BCUT2D eigenvalue weighted by Gasteiger charge is -2.34. The summed E-state index contributed by atoms with van der Waals surface area (Å²) in [6.45, 7) is 1.47. The normalized spacial score (nSPS) is 16.1. The number of phenolic OH excluding ortho intramolecular Hbond substituents is 1. The number of aromatic hydroxyl groups is 1. The van der Waals surface area contributed by atoms with Crippen LogP contribution < -0.4 is 0 Å². The highest BCUT2D eigenvalue weighted by Gasteiger charge is 2.39. The van der Waals surface area contributed by atoms with E-state index in [1.54, 1.807) is 13.0 Å². The summed E-state index contributed by atoms with van der Waals surface area (Å²) in [6.07, 6.45) is -4.80. The second-order valence-electron chi connectivity index (χ2n) is 6.71. The number of nitrogens with zero attached hydrogens (tertiary/aromatic N) is 2. The monoisotopic (exact) mass is 428 g/mol. The largest absolute Gasteiger partial charge is 0.507 e. The van der Waals surface area contributed by atoms with Crippen LogP contribution in [-0.4, -0.2) is 54.8 Å². The molecule has 1 amide bonds. The van der Waals surface area contributed by atoms with Gasteiger partial charge >= 0.3 is 6.18 Å². The second kappa shape index (κ2) is 7.68. The topological polar surface area (TPSA) is 77.9 Å². The summed E-state index contributed by atoms with van der Waals surface area (Å²) in [5.74, 6) is -0.645. The van der Waals surface area contributed by atoms with Gasteiger partial charge < -0.3 is 10.0 Å². The number of phenols is 1. The van der Waals surface area contributed by atoms with Crippen LogP contribution in [0, 0.1) is 6.92 Å². The van der Waals surface area contributed by atoms with E-state index in [0.29, 0.717) is 0 Å². The average molecular weight is 428 g/mol. The predicted molar refractivity (Wildman–Crippen MR) is 99.0 cm³/mol. The highest BCUT2D eigenvalue weighted by Crippen LogP contribution is 2.35. The zero-order chi connectivity index (χ0) is 21.4. The Morgan fingerprint density at radius 2 is 1.66 bits per heavy atom. The van der Waals surface area contributed by atoms with Crippen molar-refractivity contribution < 1.29 is 31.5 Å². The van der Waals surface area contributed by atoms with Crippen molar-refractivity contribution in [3.8, 4) is 5.75 Å². The number of carbonyl (C=O) groups excluding carboxylic acids is 1. The molecule has 0 unspecified atom stereocenters. The molecule has 6 nitrogen and oxygen atoms in total. The third-order valence-corrected chi connectivity index (χ3v) is 6.68. The molecule has 1 heterocycles. The minimum Gasteiger partial charge on any atom is -0.507 e. The Morgan fingerprint density at radius 1 is 1.03 bits per heavy atom. The van der Waals surface area contributed by atoms with Gasteiger partial charge in [0.2, 0.25) is 10.0 Å². The molecule has 1 fully saturated rings. The number of hydrogen-bond donors (Lipinski definition) is 1. The molecule has 0 radical (unpaired) electrons. The lowest BCUT2D eigenvalue weighted by atomic mass is 10.1. The fourth-order valence-electron chi connectivity index (χ4n) is 3.19. The van der Waals surface area contributed by atoms with Crippen LogP contribution in [0.3, 0.4) is 0 Å². The van der Waals surface area contributed by atoms with E-state index in [-0.39, 0.29) is 37.5 Å². The standard InChI is InChI=1S/C19H19F3N2O4S/c1-13-6-7-16(25)14(12-13)18(26)23-8-10-24(11-9-23)29(27,28)17-5-3-2-4-15(17)19(20,21)22/h2-7,12,25H,8-11H2,1H3. The number of aryl methyl sites for hydroxylation is 1. The summed E-state index contributed by atoms with van der Waals surface area (Å²) in [4.78, 5) is 13.2. The van der Waals surface area contributed by atoms with Crippen LogP contribution in [-0.2, 0) is 16.2 Å². The molecule has 0 spiro atoms. The highest BCUT2D eigenvalue weighted by molar-refractivity contribution is 7.89. The van der Waals surface area contributed by atoms with Crippen molar-refractivity contribution in [2.75, 3.05) is 26.2 Å². The Bertz CT molecular complexity index is 1030. The van der Waals surface area contributed by atoms with E-state index in [1.807, 2.05) is 0 Å². The van der Waals surface area contributed by atoms with Crippen molar-refractivity contribution in [1.29, 1.82) is 0 Å². The SMILES string of the molecule is Cc1ccc(O)c(C(=O)N2CCN(S(=O)(=O)c3ccccc3C(F)(F)F)CC2)c1. The van der Waals surface area contributed by atoms with Gasteiger partial charge in [-0.05, 0) is 31.2 Å². The van der Waals surface area contributed by atoms with Crippen molar-refractivity contribution in [2.45, 2.75) is 18.0 Å². The number of piperazine rings is 1. The number of halogens is 3. The summed E-state index contributed by atoms with van der Waals surface area (Å²) >= 11 is 0. The van der Waals surface area contributed by atoms with Crippen LogP contribution in [0.5, 0.6) is 5.75 Å². The molecule has 3 rings (SSSR count). The first-order valence-electron chi connectivity index (χ1n) is 8.77. The Kier molecular flexibility index (Phi) is 5.59. The number of alkyl halides is 3. The van der Waals surface area contributed by atoms with Crippen LogP contribution in [0.25, 0.3) is 0 Å². The predicted octanol–water partition coefficient (Wildman–Crippen LogP) is 2.87. The fraction of sp³-hybridized carbons (Fsp3) is 0.316. The maximum atomic E-state index is 13.2. The molecule has 1 aliphatic rings. The zero-order valence-electron chi connectivity index (χ0n) is 15.5. The van der Waals surface area contributed by atoms with Crippen LogP contribution in [0.2, 0.25) is 0 Å². The zero-order valence-corrected chi connectivity index (χ0v) is 16.3. The van der Waals surface area contributed by atoms with Crippen LogP contribution in [0.15, 0.2) is 47.4 Å². The first kappa shape index (κ1) is 21.1. The second-order valence-corrected chi connectivity index (χ2v) is 8.62. The first-order chi connectivity index (χ1) is 13.5. The number of carbonyl (C=O) groups is 1. The molecule has 1 N–H and O–H groups in total. The molecular weight excluding hydrogens is 409 g/mol. The maximum absolute atomic E-state index is 13.2. The number of sulfonamides is 1. The molecule has 0 atom stereocenters.